The minimum Gasteiger partial charge on any atom is -0.378 e. The smallest absolute Gasteiger partial charge is 0.326 e. The lowest BCUT2D eigenvalue weighted by Crippen LogP contribution is -2.22. The molecule has 0 aromatic heterocycles. The van der Waals surface area contributed by atoms with Gasteiger partial charge in [-0.05, 0) is 23.8 Å². The number of urea groups is 1. The molecule has 0 bridgehead atoms. The lowest BCUT2D eigenvalue weighted by molar-refractivity contribution is -0.115. The molecule has 0 atom stereocenters. The quantitative estimate of drug-likeness (QED) is 0.588. The average molecular weight is 231 g/mol. The van der Waals surface area contributed by atoms with E-state index in [4.69, 9.17) is 0 Å². The maximum atomic E-state index is 11.3. The summed E-state index contributed by atoms with van der Waals surface area (Å²) in [6.45, 7) is 0. The summed E-state index contributed by atoms with van der Waals surface area (Å²) in [6, 6.07) is 7.19. The topological polar surface area (TPSA) is 61.4 Å². The second-order valence-corrected chi connectivity index (χ2v) is 3.95. The summed E-state index contributed by atoms with van der Waals surface area (Å²) in [5.41, 5.74) is 2.21. The van der Waals surface area contributed by atoms with Gasteiger partial charge in [0, 0.05) is 19.8 Å². The number of amides is 3. The molecular formula is C12H13N3O2. The Balaban J connectivity index is 2.21. The lowest BCUT2D eigenvalue weighted by Gasteiger charge is -2.11. The van der Waals surface area contributed by atoms with Gasteiger partial charge in [0.05, 0.1) is 0 Å². The van der Waals surface area contributed by atoms with Crippen LogP contribution in [0.15, 0.2) is 30.0 Å². The standard InChI is InChI=1S/C12H13N3O2/c1-15(2)9-5-3-8(4-6-9)7-10-11(16)14-12(17)13-10/h3-7H,1-2H3,(H2,13,14,16,17). The zero-order valence-corrected chi connectivity index (χ0v) is 9.65. The molecule has 0 radical (unpaired) electrons. The second-order valence-electron chi connectivity index (χ2n) is 3.95. The zero-order chi connectivity index (χ0) is 12.4. The van der Waals surface area contributed by atoms with E-state index in [9.17, 15) is 9.59 Å². The summed E-state index contributed by atoms with van der Waals surface area (Å²) in [5, 5.41) is 4.59. The first-order valence-electron chi connectivity index (χ1n) is 5.17. The van der Waals surface area contributed by atoms with Crippen molar-refractivity contribution in [1.82, 2.24) is 10.6 Å². The largest absolute Gasteiger partial charge is 0.378 e. The Labute approximate surface area is 99.1 Å². The van der Waals surface area contributed by atoms with E-state index >= 15 is 0 Å². The summed E-state index contributed by atoms with van der Waals surface area (Å²) in [5.74, 6) is -0.397. The van der Waals surface area contributed by atoms with E-state index < -0.39 is 11.9 Å². The molecule has 88 valence electrons. The first kappa shape index (κ1) is 11.2. The Morgan fingerprint density at radius 3 is 2.18 bits per heavy atom. The van der Waals surface area contributed by atoms with Crippen LogP contribution in [-0.4, -0.2) is 26.0 Å². The molecule has 5 nitrogen and oxygen atoms in total. The van der Waals surface area contributed by atoms with E-state index in [0.717, 1.165) is 11.3 Å². The molecule has 3 amide bonds. The molecule has 0 saturated carbocycles. The van der Waals surface area contributed by atoms with Crippen LogP contribution in [-0.2, 0) is 4.79 Å². The van der Waals surface area contributed by atoms with Crippen LogP contribution in [0.1, 0.15) is 5.56 Å². The molecule has 1 aromatic rings. The summed E-state index contributed by atoms with van der Waals surface area (Å²) in [6.07, 6.45) is 1.64. The Morgan fingerprint density at radius 2 is 1.71 bits per heavy atom. The number of rotatable bonds is 2. The molecule has 2 rings (SSSR count). The van der Waals surface area contributed by atoms with E-state index in [1.54, 1.807) is 6.08 Å². The highest BCUT2D eigenvalue weighted by molar-refractivity contribution is 6.13. The molecule has 5 heteroatoms. The van der Waals surface area contributed by atoms with Crippen LogP contribution in [0, 0.1) is 0 Å². The molecule has 0 aliphatic carbocycles. The van der Waals surface area contributed by atoms with Gasteiger partial charge in [-0.1, -0.05) is 12.1 Å². The van der Waals surface area contributed by atoms with Crippen LogP contribution >= 0.6 is 0 Å². The Bertz CT molecular complexity index is 489. The highest BCUT2D eigenvalue weighted by Crippen LogP contribution is 2.14. The van der Waals surface area contributed by atoms with Gasteiger partial charge in [0.1, 0.15) is 5.70 Å². The lowest BCUT2D eigenvalue weighted by atomic mass is 10.1. The maximum absolute atomic E-state index is 11.3. The number of anilines is 1. The zero-order valence-electron chi connectivity index (χ0n) is 9.65. The molecule has 1 aliphatic rings. The Morgan fingerprint density at radius 1 is 1.06 bits per heavy atom. The number of hydrogen-bond acceptors (Lipinski definition) is 3. The van der Waals surface area contributed by atoms with Crippen molar-refractivity contribution in [3.8, 4) is 0 Å². The minimum absolute atomic E-state index is 0.271. The number of carbonyl (C=O) groups is 2. The number of nitrogens with one attached hydrogen (secondary N) is 2. The molecule has 1 aliphatic heterocycles. The van der Waals surface area contributed by atoms with Gasteiger partial charge in [-0.25, -0.2) is 4.79 Å². The highest BCUT2D eigenvalue weighted by Gasteiger charge is 2.22. The SMILES string of the molecule is CN(C)c1ccc(C=C2NC(=O)NC2=O)cc1. The third kappa shape index (κ3) is 2.44. The highest BCUT2D eigenvalue weighted by atomic mass is 16.2. The number of carbonyl (C=O) groups excluding carboxylic acids is 2. The third-order valence-electron chi connectivity index (χ3n) is 2.44. The van der Waals surface area contributed by atoms with Crippen LogP contribution in [0.3, 0.4) is 0 Å². The van der Waals surface area contributed by atoms with Crippen LogP contribution in [0.25, 0.3) is 6.08 Å². The second kappa shape index (κ2) is 4.29. The van der Waals surface area contributed by atoms with Gasteiger partial charge in [0.15, 0.2) is 0 Å². The molecule has 0 unspecified atom stereocenters. The summed E-state index contributed by atoms with van der Waals surface area (Å²) >= 11 is 0. The molecule has 2 N–H and O–H groups in total. The predicted octanol–water partition coefficient (Wildman–Crippen LogP) is 0.933. The molecule has 0 spiro atoms. The van der Waals surface area contributed by atoms with Crippen LogP contribution in [0.4, 0.5) is 10.5 Å². The van der Waals surface area contributed by atoms with Crippen molar-refractivity contribution in [1.29, 1.82) is 0 Å². The van der Waals surface area contributed by atoms with E-state index in [0.29, 0.717) is 0 Å². The van der Waals surface area contributed by atoms with Crippen molar-refractivity contribution in [2.24, 2.45) is 0 Å². The first-order chi connectivity index (χ1) is 8.06. The van der Waals surface area contributed by atoms with Crippen molar-refractivity contribution in [3.63, 3.8) is 0 Å². The summed E-state index contributed by atoms with van der Waals surface area (Å²) in [4.78, 5) is 24.2. The van der Waals surface area contributed by atoms with Crippen molar-refractivity contribution >= 4 is 23.7 Å². The van der Waals surface area contributed by atoms with Crippen molar-refractivity contribution < 1.29 is 9.59 Å². The van der Waals surface area contributed by atoms with Gasteiger partial charge in [-0.2, -0.15) is 0 Å². The average Bonchev–Trinajstić information content (AvgIpc) is 2.58. The number of imide groups is 1. The number of hydrogen-bond donors (Lipinski definition) is 2. The first-order valence-corrected chi connectivity index (χ1v) is 5.17. The minimum atomic E-state index is -0.480. The molecule has 1 aromatic carbocycles. The van der Waals surface area contributed by atoms with Gasteiger partial charge in [-0.3, -0.25) is 10.1 Å². The Hall–Kier alpha value is -2.30. The Kier molecular flexibility index (Phi) is 2.82. The van der Waals surface area contributed by atoms with E-state index in [-0.39, 0.29) is 5.70 Å². The molecule has 1 fully saturated rings. The van der Waals surface area contributed by atoms with Crippen molar-refractivity contribution in [2.45, 2.75) is 0 Å². The van der Waals surface area contributed by atoms with Gasteiger partial charge >= 0.3 is 6.03 Å². The van der Waals surface area contributed by atoms with Crippen LogP contribution in [0.5, 0.6) is 0 Å². The number of benzene rings is 1. The monoisotopic (exact) mass is 231 g/mol. The fourth-order valence-electron chi connectivity index (χ4n) is 1.52. The van der Waals surface area contributed by atoms with Crippen LogP contribution in [0.2, 0.25) is 0 Å². The fourth-order valence-corrected chi connectivity index (χ4v) is 1.52. The van der Waals surface area contributed by atoms with Crippen LogP contribution < -0.4 is 15.5 Å². The van der Waals surface area contributed by atoms with Gasteiger partial charge in [0.2, 0.25) is 0 Å². The molecular weight excluding hydrogens is 218 g/mol. The van der Waals surface area contributed by atoms with E-state index in [2.05, 4.69) is 10.6 Å². The normalized spacial score (nSPS) is 16.9. The van der Waals surface area contributed by atoms with E-state index in [1.165, 1.54) is 0 Å². The van der Waals surface area contributed by atoms with Gasteiger partial charge in [-0.15, -0.1) is 0 Å². The summed E-state index contributed by atoms with van der Waals surface area (Å²) in [7, 11) is 3.91. The van der Waals surface area contributed by atoms with Crippen molar-refractivity contribution in [2.75, 3.05) is 19.0 Å². The summed E-state index contributed by atoms with van der Waals surface area (Å²) < 4.78 is 0. The maximum Gasteiger partial charge on any atom is 0.326 e. The van der Waals surface area contributed by atoms with Gasteiger partial charge < -0.3 is 10.2 Å². The molecule has 17 heavy (non-hydrogen) atoms. The van der Waals surface area contributed by atoms with E-state index in [1.807, 2.05) is 43.3 Å². The molecule has 1 saturated heterocycles. The fraction of sp³-hybridized carbons (Fsp3) is 0.167. The number of nitrogens with zero attached hydrogens (tertiary/aromatic N) is 1. The molecule has 1 heterocycles. The van der Waals surface area contributed by atoms with Gasteiger partial charge in [0.25, 0.3) is 5.91 Å². The third-order valence-corrected chi connectivity index (χ3v) is 2.44. The van der Waals surface area contributed by atoms with Crippen molar-refractivity contribution in [3.05, 3.63) is 35.5 Å². The predicted molar refractivity (Wildman–Crippen MR) is 65.4 cm³/mol.